The van der Waals surface area contributed by atoms with Crippen molar-refractivity contribution >= 4 is 5.91 Å². The topological polar surface area (TPSA) is 32.3 Å². The number of benzene rings is 1. The van der Waals surface area contributed by atoms with Gasteiger partial charge in [0.1, 0.15) is 0 Å². The molecule has 1 aliphatic rings. The molecule has 0 unspecified atom stereocenters. The van der Waals surface area contributed by atoms with Gasteiger partial charge < -0.3 is 10.2 Å². The first-order chi connectivity index (χ1) is 7.81. The summed E-state index contributed by atoms with van der Waals surface area (Å²) in [5.41, 5.74) is 0.791. The Morgan fingerprint density at radius 3 is 2.81 bits per heavy atom. The molecule has 3 heteroatoms. The maximum absolute atomic E-state index is 12.2. The number of hydrogen-bond donors (Lipinski definition) is 1. The van der Waals surface area contributed by atoms with E-state index in [9.17, 15) is 4.79 Å². The Morgan fingerprint density at radius 1 is 1.38 bits per heavy atom. The molecule has 1 amide bonds. The zero-order valence-corrected chi connectivity index (χ0v) is 9.65. The summed E-state index contributed by atoms with van der Waals surface area (Å²) in [6, 6.07) is 9.96. The second kappa shape index (κ2) is 5.12. The van der Waals surface area contributed by atoms with E-state index in [2.05, 4.69) is 5.32 Å². The molecule has 1 atom stereocenters. The van der Waals surface area contributed by atoms with E-state index < -0.39 is 0 Å². The molecule has 0 bridgehead atoms. The summed E-state index contributed by atoms with van der Waals surface area (Å²) < 4.78 is 0. The maximum Gasteiger partial charge on any atom is 0.253 e. The number of likely N-dealkylation sites (tertiary alicyclic amines) is 1. The number of rotatable bonds is 2. The molecule has 1 N–H and O–H groups in total. The number of likely N-dealkylation sites (N-methyl/N-ethyl adjacent to an activating group) is 1. The van der Waals surface area contributed by atoms with Gasteiger partial charge in [0.15, 0.2) is 0 Å². The summed E-state index contributed by atoms with van der Waals surface area (Å²) in [5, 5.41) is 3.25. The summed E-state index contributed by atoms with van der Waals surface area (Å²) in [6.45, 7) is 1.70. The van der Waals surface area contributed by atoms with Gasteiger partial charge in [-0.1, -0.05) is 18.2 Å². The van der Waals surface area contributed by atoms with E-state index in [1.54, 1.807) is 0 Å². The minimum Gasteiger partial charge on any atom is -0.337 e. The second-order valence-electron chi connectivity index (χ2n) is 4.25. The molecule has 1 fully saturated rings. The lowest BCUT2D eigenvalue weighted by atomic mass is 10.0. The van der Waals surface area contributed by atoms with Crippen LogP contribution in [0.5, 0.6) is 0 Å². The molecule has 1 aromatic rings. The monoisotopic (exact) mass is 218 g/mol. The first-order valence-electron chi connectivity index (χ1n) is 5.83. The predicted molar refractivity (Wildman–Crippen MR) is 64.4 cm³/mol. The number of nitrogens with one attached hydrogen (secondary N) is 1. The van der Waals surface area contributed by atoms with Crippen LogP contribution in [0.2, 0.25) is 0 Å². The normalized spacial score (nSPS) is 20.8. The van der Waals surface area contributed by atoms with Crippen molar-refractivity contribution in [2.24, 2.45) is 0 Å². The number of carbonyl (C=O) groups is 1. The molecular formula is C13H18N2O. The van der Waals surface area contributed by atoms with Gasteiger partial charge in [-0.25, -0.2) is 0 Å². The van der Waals surface area contributed by atoms with Crippen LogP contribution >= 0.6 is 0 Å². The molecule has 1 heterocycles. The molecule has 1 aliphatic heterocycles. The maximum atomic E-state index is 12.2. The molecule has 0 spiro atoms. The molecule has 0 aliphatic carbocycles. The number of piperidine rings is 1. The van der Waals surface area contributed by atoms with E-state index in [0.717, 1.165) is 31.5 Å². The molecule has 0 aromatic heterocycles. The Labute approximate surface area is 96.5 Å². The molecule has 1 aromatic carbocycles. The van der Waals surface area contributed by atoms with Crippen molar-refractivity contribution in [2.45, 2.75) is 18.9 Å². The third-order valence-corrected chi connectivity index (χ3v) is 3.14. The van der Waals surface area contributed by atoms with Gasteiger partial charge >= 0.3 is 0 Å². The van der Waals surface area contributed by atoms with Crippen molar-refractivity contribution < 1.29 is 4.79 Å². The Hall–Kier alpha value is -1.35. The van der Waals surface area contributed by atoms with Gasteiger partial charge in [0.05, 0.1) is 0 Å². The van der Waals surface area contributed by atoms with E-state index in [-0.39, 0.29) is 5.91 Å². The highest BCUT2D eigenvalue weighted by molar-refractivity contribution is 5.94. The number of carbonyl (C=O) groups excluding carboxylic acids is 1. The van der Waals surface area contributed by atoms with Crippen molar-refractivity contribution in [1.82, 2.24) is 10.2 Å². The molecule has 86 valence electrons. The molecule has 0 radical (unpaired) electrons. The summed E-state index contributed by atoms with van der Waals surface area (Å²) >= 11 is 0. The average Bonchev–Trinajstić information content (AvgIpc) is 2.39. The third kappa shape index (κ3) is 2.42. The summed E-state index contributed by atoms with van der Waals surface area (Å²) in [7, 11) is 1.96. The molecule has 0 saturated carbocycles. The highest BCUT2D eigenvalue weighted by Crippen LogP contribution is 2.13. The van der Waals surface area contributed by atoms with Gasteiger partial charge in [-0.05, 0) is 32.0 Å². The van der Waals surface area contributed by atoms with Gasteiger partial charge in [-0.15, -0.1) is 0 Å². The zero-order valence-electron chi connectivity index (χ0n) is 9.65. The van der Waals surface area contributed by atoms with Crippen molar-refractivity contribution in [3.05, 3.63) is 35.9 Å². The Bertz CT molecular complexity index is 350. The van der Waals surface area contributed by atoms with E-state index in [1.165, 1.54) is 0 Å². The fourth-order valence-corrected chi connectivity index (χ4v) is 2.16. The SMILES string of the molecule is CN[C@@H]1CCCN(C(=O)c2ccccc2)C1. The average molecular weight is 218 g/mol. The quantitative estimate of drug-likeness (QED) is 0.816. The van der Waals surface area contributed by atoms with Crippen LogP contribution in [-0.2, 0) is 0 Å². The molecule has 3 nitrogen and oxygen atoms in total. The van der Waals surface area contributed by atoms with Gasteiger partial charge in [-0.2, -0.15) is 0 Å². The van der Waals surface area contributed by atoms with Crippen molar-refractivity contribution in [2.75, 3.05) is 20.1 Å². The standard InChI is InChI=1S/C13H18N2O/c1-14-12-8-5-9-15(10-12)13(16)11-6-3-2-4-7-11/h2-4,6-7,12,14H,5,8-10H2,1H3/t12-/m1/s1. The van der Waals surface area contributed by atoms with Crippen LogP contribution in [0.3, 0.4) is 0 Å². The van der Waals surface area contributed by atoms with Gasteiger partial charge in [0.2, 0.25) is 0 Å². The van der Waals surface area contributed by atoms with E-state index in [4.69, 9.17) is 0 Å². The Balaban J connectivity index is 2.05. The number of hydrogen-bond acceptors (Lipinski definition) is 2. The highest BCUT2D eigenvalue weighted by Gasteiger charge is 2.22. The van der Waals surface area contributed by atoms with Crippen LogP contribution in [0.1, 0.15) is 23.2 Å². The molecule has 1 saturated heterocycles. The summed E-state index contributed by atoms with van der Waals surface area (Å²) in [6.07, 6.45) is 2.25. The largest absolute Gasteiger partial charge is 0.337 e. The lowest BCUT2D eigenvalue weighted by Crippen LogP contribution is -2.46. The highest BCUT2D eigenvalue weighted by atomic mass is 16.2. The fourth-order valence-electron chi connectivity index (χ4n) is 2.16. The van der Waals surface area contributed by atoms with Gasteiger partial charge in [0.25, 0.3) is 5.91 Å². The van der Waals surface area contributed by atoms with Gasteiger partial charge in [-0.3, -0.25) is 4.79 Å². The first-order valence-corrected chi connectivity index (χ1v) is 5.83. The van der Waals surface area contributed by atoms with E-state index in [0.29, 0.717) is 6.04 Å². The Morgan fingerprint density at radius 2 is 2.12 bits per heavy atom. The lowest BCUT2D eigenvalue weighted by Gasteiger charge is -2.32. The third-order valence-electron chi connectivity index (χ3n) is 3.14. The van der Waals surface area contributed by atoms with Crippen molar-refractivity contribution in [1.29, 1.82) is 0 Å². The zero-order chi connectivity index (χ0) is 11.4. The summed E-state index contributed by atoms with van der Waals surface area (Å²) in [5.74, 6) is 0.153. The van der Waals surface area contributed by atoms with Crippen LogP contribution in [0.25, 0.3) is 0 Å². The Kier molecular flexibility index (Phi) is 3.57. The number of amides is 1. The minimum atomic E-state index is 0.153. The predicted octanol–water partition coefficient (Wildman–Crippen LogP) is 1.51. The van der Waals surface area contributed by atoms with Crippen LogP contribution in [0.4, 0.5) is 0 Å². The smallest absolute Gasteiger partial charge is 0.253 e. The van der Waals surface area contributed by atoms with Crippen LogP contribution in [0, 0.1) is 0 Å². The van der Waals surface area contributed by atoms with Crippen molar-refractivity contribution in [3.8, 4) is 0 Å². The first kappa shape index (κ1) is 11.1. The summed E-state index contributed by atoms with van der Waals surface area (Å²) in [4.78, 5) is 14.1. The molecule has 16 heavy (non-hydrogen) atoms. The van der Waals surface area contributed by atoms with Crippen LogP contribution < -0.4 is 5.32 Å². The molecular weight excluding hydrogens is 200 g/mol. The minimum absolute atomic E-state index is 0.153. The molecule has 2 rings (SSSR count). The van der Waals surface area contributed by atoms with E-state index in [1.807, 2.05) is 42.3 Å². The fraction of sp³-hybridized carbons (Fsp3) is 0.462. The van der Waals surface area contributed by atoms with Crippen LogP contribution in [0.15, 0.2) is 30.3 Å². The van der Waals surface area contributed by atoms with E-state index >= 15 is 0 Å². The van der Waals surface area contributed by atoms with Crippen LogP contribution in [-0.4, -0.2) is 37.0 Å². The number of nitrogens with zero attached hydrogens (tertiary/aromatic N) is 1. The lowest BCUT2D eigenvalue weighted by molar-refractivity contribution is 0.0698. The van der Waals surface area contributed by atoms with Gasteiger partial charge in [0, 0.05) is 24.7 Å². The van der Waals surface area contributed by atoms with Crippen molar-refractivity contribution in [3.63, 3.8) is 0 Å². The second-order valence-corrected chi connectivity index (χ2v) is 4.25.